The number of hydrogen-bond donors (Lipinski definition) is 1. The van der Waals surface area contributed by atoms with Crippen molar-refractivity contribution < 1.29 is 13.2 Å². The zero-order valence-corrected chi connectivity index (χ0v) is 15.9. The molecule has 0 spiro atoms. The van der Waals surface area contributed by atoms with Crippen LogP contribution in [0.1, 0.15) is 35.7 Å². The molecule has 25 heavy (non-hydrogen) atoms. The van der Waals surface area contributed by atoms with E-state index < -0.39 is 15.9 Å². The van der Waals surface area contributed by atoms with E-state index in [-0.39, 0.29) is 15.8 Å². The van der Waals surface area contributed by atoms with Crippen LogP contribution in [0.25, 0.3) is 10.2 Å². The molecule has 1 amide bonds. The van der Waals surface area contributed by atoms with E-state index in [4.69, 9.17) is 11.6 Å². The van der Waals surface area contributed by atoms with Gasteiger partial charge in [0.25, 0.3) is 15.9 Å². The fraction of sp³-hybridized carbons (Fsp3) is 0.176. The van der Waals surface area contributed by atoms with Crippen molar-refractivity contribution in [3.8, 4) is 0 Å². The Bertz CT molecular complexity index is 1030. The summed E-state index contributed by atoms with van der Waals surface area (Å²) >= 11 is 7.18. The molecule has 0 saturated carbocycles. The zero-order valence-electron chi connectivity index (χ0n) is 13.5. The molecule has 3 rings (SSSR count). The third-order valence-corrected chi connectivity index (χ3v) is 6.69. The Morgan fingerprint density at radius 2 is 1.92 bits per heavy atom. The lowest BCUT2D eigenvalue weighted by atomic mass is 10.0. The maximum atomic E-state index is 12.4. The molecule has 5 nitrogen and oxygen atoms in total. The molecule has 1 heterocycles. The van der Waals surface area contributed by atoms with Crippen LogP contribution < -0.4 is 4.72 Å². The van der Waals surface area contributed by atoms with Gasteiger partial charge in [-0.3, -0.25) is 4.79 Å². The summed E-state index contributed by atoms with van der Waals surface area (Å²) in [5.74, 6) is -0.535. The molecule has 0 aliphatic carbocycles. The molecule has 0 unspecified atom stereocenters. The largest absolute Gasteiger partial charge is 0.291 e. The Morgan fingerprint density at radius 3 is 2.56 bits per heavy atom. The molecule has 3 aromatic rings. The maximum Gasteiger partial charge on any atom is 0.291 e. The second-order valence-corrected chi connectivity index (χ2v) is 9.07. The molecule has 0 atom stereocenters. The highest BCUT2D eigenvalue weighted by Crippen LogP contribution is 2.27. The highest BCUT2D eigenvalue weighted by molar-refractivity contribution is 7.92. The number of thiazole rings is 1. The van der Waals surface area contributed by atoms with Crippen LogP contribution in [0, 0.1) is 0 Å². The number of carbonyl (C=O) groups excluding carboxylic acids is 1. The summed E-state index contributed by atoms with van der Waals surface area (Å²) in [6.45, 7) is 3.97. The minimum atomic E-state index is -4.04. The van der Waals surface area contributed by atoms with Crippen molar-refractivity contribution in [2.24, 2.45) is 0 Å². The van der Waals surface area contributed by atoms with E-state index in [1.165, 1.54) is 6.07 Å². The highest BCUT2D eigenvalue weighted by Gasteiger charge is 2.23. The van der Waals surface area contributed by atoms with Crippen LogP contribution in [0.15, 0.2) is 46.8 Å². The minimum Gasteiger partial charge on any atom is -0.268 e. The topological polar surface area (TPSA) is 76.1 Å². The van der Waals surface area contributed by atoms with Crippen molar-refractivity contribution in [3.63, 3.8) is 0 Å². The quantitative estimate of drug-likeness (QED) is 0.719. The predicted octanol–water partition coefficient (Wildman–Crippen LogP) is 4.19. The number of para-hydroxylation sites is 1. The van der Waals surface area contributed by atoms with Gasteiger partial charge in [-0.15, -0.1) is 11.3 Å². The summed E-state index contributed by atoms with van der Waals surface area (Å²) in [4.78, 5) is 16.4. The van der Waals surface area contributed by atoms with Crippen molar-refractivity contribution >= 4 is 49.1 Å². The summed E-state index contributed by atoms with van der Waals surface area (Å²) in [7, 11) is -4.04. The molecule has 0 radical (unpaired) electrons. The number of nitrogens with one attached hydrogen (secondary N) is 1. The molecule has 0 aliphatic heterocycles. The number of sulfonamides is 1. The highest BCUT2D eigenvalue weighted by atomic mass is 35.5. The predicted molar refractivity (Wildman–Crippen MR) is 99.8 cm³/mol. The second kappa shape index (κ2) is 6.74. The number of halogens is 1. The Hall–Kier alpha value is -1.96. The molecular formula is C17H15ClN2O3S2. The van der Waals surface area contributed by atoms with Gasteiger partial charge in [-0.1, -0.05) is 43.6 Å². The molecular weight excluding hydrogens is 380 g/mol. The number of hydrogen-bond acceptors (Lipinski definition) is 5. The van der Waals surface area contributed by atoms with Crippen LogP contribution in [0.5, 0.6) is 0 Å². The SMILES string of the molecule is CC(C)c1ccc(C(=O)NS(=O)(=O)c2nc3ccccc3s2)cc1Cl. The average molecular weight is 395 g/mol. The number of carbonyl (C=O) groups is 1. The van der Waals surface area contributed by atoms with E-state index in [0.717, 1.165) is 21.6 Å². The number of benzene rings is 2. The fourth-order valence-electron chi connectivity index (χ4n) is 2.33. The van der Waals surface area contributed by atoms with Gasteiger partial charge >= 0.3 is 0 Å². The van der Waals surface area contributed by atoms with Gasteiger partial charge in [0.05, 0.1) is 10.2 Å². The number of nitrogens with zero attached hydrogens (tertiary/aromatic N) is 1. The molecule has 2 aromatic carbocycles. The van der Waals surface area contributed by atoms with Crippen molar-refractivity contribution in [2.45, 2.75) is 24.1 Å². The molecule has 0 aliphatic rings. The van der Waals surface area contributed by atoms with Crippen molar-refractivity contribution in [1.82, 2.24) is 9.71 Å². The van der Waals surface area contributed by atoms with E-state index in [0.29, 0.717) is 10.5 Å². The Balaban J connectivity index is 1.87. The van der Waals surface area contributed by atoms with Gasteiger partial charge < -0.3 is 0 Å². The van der Waals surface area contributed by atoms with Gasteiger partial charge in [0.2, 0.25) is 4.34 Å². The van der Waals surface area contributed by atoms with Gasteiger partial charge in [-0.25, -0.2) is 9.71 Å². The van der Waals surface area contributed by atoms with Gasteiger partial charge in [-0.05, 0) is 35.7 Å². The Kier molecular flexibility index (Phi) is 4.81. The van der Waals surface area contributed by atoms with E-state index >= 15 is 0 Å². The Morgan fingerprint density at radius 1 is 1.20 bits per heavy atom. The standard InChI is InChI=1S/C17H15ClN2O3S2/c1-10(2)12-8-7-11(9-13(12)18)16(21)20-25(22,23)17-19-14-5-3-4-6-15(14)24-17/h3-10H,1-2H3,(H,20,21). The lowest BCUT2D eigenvalue weighted by molar-refractivity contribution is 0.0981. The van der Waals surface area contributed by atoms with Crippen molar-refractivity contribution in [3.05, 3.63) is 58.6 Å². The molecule has 130 valence electrons. The lowest BCUT2D eigenvalue weighted by Crippen LogP contribution is -2.30. The third-order valence-electron chi connectivity index (χ3n) is 3.62. The van der Waals surface area contributed by atoms with Crippen LogP contribution in [0.2, 0.25) is 5.02 Å². The second-order valence-electron chi connectivity index (χ2n) is 5.77. The van der Waals surface area contributed by atoms with Crippen LogP contribution in [0.3, 0.4) is 0 Å². The summed E-state index contributed by atoms with van der Waals surface area (Å²) in [6, 6.07) is 11.8. The van der Waals surface area contributed by atoms with Crippen LogP contribution >= 0.6 is 22.9 Å². The summed E-state index contributed by atoms with van der Waals surface area (Å²) < 4.78 is 27.5. The molecule has 1 aromatic heterocycles. The molecule has 8 heteroatoms. The van der Waals surface area contributed by atoms with Crippen LogP contribution in [-0.2, 0) is 10.0 Å². The van der Waals surface area contributed by atoms with E-state index in [1.54, 1.807) is 36.4 Å². The first-order valence-electron chi connectivity index (χ1n) is 7.50. The van der Waals surface area contributed by atoms with Crippen molar-refractivity contribution in [1.29, 1.82) is 0 Å². The van der Waals surface area contributed by atoms with Gasteiger partial charge in [0.1, 0.15) is 0 Å². The number of fused-ring (bicyclic) bond motifs is 1. The number of rotatable bonds is 4. The van der Waals surface area contributed by atoms with Crippen LogP contribution in [0.4, 0.5) is 0 Å². The fourth-order valence-corrected chi connectivity index (χ4v) is 4.92. The Labute approximate surface area is 154 Å². The normalized spacial score (nSPS) is 11.8. The first kappa shape index (κ1) is 17.8. The van der Waals surface area contributed by atoms with Gasteiger partial charge in [-0.2, -0.15) is 8.42 Å². The summed E-state index contributed by atoms with van der Waals surface area (Å²) in [5.41, 5.74) is 1.65. The number of amides is 1. The van der Waals surface area contributed by atoms with Gasteiger partial charge in [0.15, 0.2) is 0 Å². The minimum absolute atomic E-state index is 0.146. The first-order chi connectivity index (χ1) is 11.8. The molecule has 0 saturated heterocycles. The van der Waals surface area contributed by atoms with E-state index in [2.05, 4.69) is 4.98 Å². The summed E-state index contributed by atoms with van der Waals surface area (Å²) in [5, 5.41) is 0.431. The van der Waals surface area contributed by atoms with Crippen molar-refractivity contribution in [2.75, 3.05) is 0 Å². The van der Waals surface area contributed by atoms with E-state index in [9.17, 15) is 13.2 Å². The molecule has 1 N–H and O–H groups in total. The van der Waals surface area contributed by atoms with E-state index in [1.807, 2.05) is 18.6 Å². The lowest BCUT2D eigenvalue weighted by Gasteiger charge is -2.10. The average Bonchev–Trinajstić information content (AvgIpc) is 2.99. The molecule has 0 bridgehead atoms. The first-order valence-corrected chi connectivity index (χ1v) is 10.2. The summed E-state index contributed by atoms with van der Waals surface area (Å²) in [6.07, 6.45) is 0. The van der Waals surface area contributed by atoms with Gasteiger partial charge in [0, 0.05) is 10.6 Å². The smallest absolute Gasteiger partial charge is 0.268 e. The third kappa shape index (κ3) is 3.68. The zero-order chi connectivity index (χ0) is 18.2. The molecule has 0 fully saturated rings. The maximum absolute atomic E-state index is 12.4. The van der Waals surface area contributed by atoms with Crippen LogP contribution in [-0.4, -0.2) is 19.3 Å². The monoisotopic (exact) mass is 394 g/mol. The number of aromatic nitrogens is 1.